The molecule has 0 saturated carbocycles. The van der Waals surface area contributed by atoms with E-state index in [4.69, 9.17) is 9.94 Å². The number of aliphatic hydroxyl groups excluding tert-OH is 1. The quantitative estimate of drug-likeness (QED) is 0.419. The summed E-state index contributed by atoms with van der Waals surface area (Å²) < 4.78 is 16.5. The van der Waals surface area contributed by atoms with E-state index >= 15 is 0 Å². The van der Waals surface area contributed by atoms with Crippen LogP contribution < -0.4 is 10.8 Å². The number of aryl methyl sites for hydroxylation is 1. The Bertz CT molecular complexity index is 961. The number of hydrogen-bond donors (Lipinski definition) is 3. The molecule has 0 spiro atoms. The van der Waals surface area contributed by atoms with E-state index in [0.717, 1.165) is 0 Å². The molecular weight excluding hydrogens is 407 g/mol. The number of imidazole rings is 1. The van der Waals surface area contributed by atoms with Crippen molar-refractivity contribution >= 4 is 38.9 Å². The highest BCUT2D eigenvalue weighted by Gasteiger charge is 2.19. The molecule has 0 saturated heterocycles. The Morgan fingerprint density at radius 2 is 2.27 bits per heavy atom. The fourth-order valence-corrected chi connectivity index (χ4v) is 2.83. The van der Waals surface area contributed by atoms with E-state index in [0.29, 0.717) is 21.4 Å². The van der Waals surface area contributed by atoms with Crippen LogP contribution in [0.2, 0.25) is 0 Å². The second-order valence-corrected chi connectivity index (χ2v) is 6.37. The Hall–Kier alpha value is -2.49. The van der Waals surface area contributed by atoms with Gasteiger partial charge in [0.05, 0.1) is 30.2 Å². The number of pyridine rings is 1. The molecule has 0 aliphatic rings. The van der Waals surface area contributed by atoms with E-state index in [1.807, 2.05) is 0 Å². The number of anilines is 2. The summed E-state index contributed by atoms with van der Waals surface area (Å²) in [6.07, 6.45) is 4.89. The normalized spacial score (nSPS) is 10.9. The van der Waals surface area contributed by atoms with Gasteiger partial charge in [0.2, 0.25) is 0 Å². The highest BCUT2D eigenvalue weighted by atomic mass is 79.9. The van der Waals surface area contributed by atoms with Crippen LogP contribution in [0.5, 0.6) is 0 Å². The average molecular weight is 423 g/mol. The summed E-state index contributed by atoms with van der Waals surface area (Å²) in [6.45, 7) is 1.52. The molecule has 136 valence electrons. The third kappa shape index (κ3) is 3.69. The lowest BCUT2D eigenvalue weighted by Crippen LogP contribution is -2.26. The number of carbonyl (C=O) groups is 1. The van der Waals surface area contributed by atoms with Gasteiger partial charge in [0.25, 0.3) is 5.91 Å². The first-order chi connectivity index (χ1) is 12.5. The van der Waals surface area contributed by atoms with Crippen molar-refractivity contribution in [3.63, 3.8) is 0 Å². The molecule has 3 N–H and O–H groups in total. The highest BCUT2D eigenvalue weighted by Crippen LogP contribution is 2.30. The van der Waals surface area contributed by atoms with Gasteiger partial charge in [-0.15, -0.1) is 0 Å². The zero-order valence-electron chi connectivity index (χ0n) is 13.8. The van der Waals surface area contributed by atoms with E-state index in [-0.39, 0.29) is 24.5 Å². The number of nitrogens with one attached hydrogen (secondary N) is 2. The zero-order valence-corrected chi connectivity index (χ0v) is 15.4. The average Bonchev–Trinajstić information content (AvgIpc) is 3.08. The number of aliphatic hydroxyl groups is 1. The molecule has 0 fully saturated rings. The molecule has 0 radical (unpaired) electrons. The van der Waals surface area contributed by atoms with Crippen LogP contribution in [0.15, 0.2) is 41.3 Å². The maximum atomic E-state index is 14.2. The minimum absolute atomic E-state index is 0.0395. The molecule has 9 heteroatoms. The Morgan fingerprint density at radius 3 is 3.00 bits per heavy atom. The molecular formula is C17H16BrFN4O3. The van der Waals surface area contributed by atoms with Crippen LogP contribution in [0.4, 0.5) is 15.8 Å². The standard InChI is InChI=1S/C17H16BrFN4O3/c1-10-15(21-14-3-2-11(18)8-13(14)19)12(17(25)22-26-7-6-24)9-23-5-4-20-16(10)23/h2-5,8-9,21,24H,6-7H2,1H3,(H,22,25). The number of carbonyl (C=O) groups excluding carboxylic acids is 1. The summed E-state index contributed by atoms with van der Waals surface area (Å²) in [7, 11) is 0. The van der Waals surface area contributed by atoms with E-state index in [9.17, 15) is 9.18 Å². The van der Waals surface area contributed by atoms with Crippen LogP contribution in [-0.2, 0) is 4.84 Å². The van der Waals surface area contributed by atoms with E-state index < -0.39 is 11.7 Å². The van der Waals surface area contributed by atoms with Gasteiger partial charge in [-0.25, -0.2) is 14.9 Å². The Balaban J connectivity index is 2.04. The van der Waals surface area contributed by atoms with Crippen LogP contribution in [0.25, 0.3) is 5.65 Å². The maximum absolute atomic E-state index is 14.2. The summed E-state index contributed by atoms with van der Waals surface area (Å²) in [5, 5.41) is 11.7. The first-order valence-corrected chi connectivity index (χ1v) is 8.52. The monoisotopic (exact) mass is 422 g/mol. The topological polar surface area (TPSA) is 87.9 Å². The van der Waals surface area contributed by atoms with E-state index in [1.54, 1.807) is 42.0 Å². The summed E-state index contributed by atoms with van der Waals surface area (Å²) >= 11 is 3.21. The first-order valence-electron chi connectivity index (χ1n) is 7.72. The van der Waals surface area contributed by atoms with Gasteiger partial charge in [0.1, 0.15) is 11.5 Å². The van der Waals surface area contributed by atoms with E-state index in [1.165, 1.54) is 6.07 Å². The van der Waals surface area contributed by atoms with Crippen LogP contribution in [0, 0.1) is 12.7 Å². The number of benzene rings is 1. The molecule has 0 unspecified atom stereocenters. The van der Waals surface area contributed by atoms with Crippen molar-refractivity contribution in [3.05, 3.63) is 58.2 Å². The van der Waals surface area contributed by atoms with Crippen molar-refractivity contribution < 1.29 is 19.1 Å². The minimum atomic E-state index is -0.530. The lowest BCUT2D eigenvalue weighted by Gasteiger charge is -2.16. The van der Waals surface area contributed by atoms with Crippen LogP contribution >= 0.6 is 15.9 Å². The fraction of sp³-hybridized carbons (Fsp3) is 0.176. The first kappa shape index (κ1) is 18.3. The minimum Gasteiger partial charge on any atom is -0.394 e. The second kappa shape index (κ2) is 7.81. The molecule has 0 aliphatic carbocycles. The number of halogens is 2. The molecule has 0 atom stereocenters. The van der Waals surface area contributed by atoms with Crippen molar-refractivity contribution in [3.8, 4) is 0 Å². The third-order valence-corrected chi connectivity index (χ3v) is 4.20. The predicted octanol–water partition coefficient (Wildman–Crippen LogP) is 2.94. The summed E-state index contributed by atoms with van der Waals surface area (Å²) in [6, 6.07) is 4.59. The summed E-state index contributed by atoms with van der Waals surface area (Å²) in [5.74, 6) is -0.998. The van der Waals surface area contributed by atoms with Crippen molar-refractivity contribution in [2.45, 2.75) is 6.92 Å². The van der Waals surface area contributed by atoms with Crippen molar-refractivity contribution in [1.29, 1.82) is 0 Å². The summed E-state index contributed by atoms with van der Waals surface area (Å²) in [4.78, 5) is 21.6. The highest BCUT2D eigenvalue weighted by molar-refractivity contribution is 9.10. The number of amides is 1. The van der Waals surface area contributed by atoms with Gasteiger partial charge in [-0.05, 0) is 25.1 Å². The van der Waals surface area contributed by atoms with Crippen LogP contribution in [0.3, 0.4) is 0 Å². The fourth-order valence-electron chi connectivity index (χ4n) is 2.50. The van der Waals surface area contributed by atoms with Crippen LogP contribution in [0.1, 0.15) is 15.9 Å². The third-order valence-electron chi connectivity index (χ3n) is 3.71. The van der Waals surface area contributed by atoms with E-state index in [2.05, 4.69) is 31.7 Å². The Labute approximate surface area is 156 Å². The van der Waals surface area contributed by atoms with Gasteiger partial charge in [-0.3, -0.25) is 9.63 Å². The van der Waals surface area contributed by atoms with Gasteiger partial charge < -0.3 is 14.8 Å². The Kier molecular flexibility index (Phi) is 5.50. The van der Waals surface area contributed by atoms with Crippen LogP contribution in [-0.4, -0.2) is 33.6 Å². The Morgan fingerprint density at radius 1 is 1.46 bits per heavy atom. The van der Waals surface area contributed by atoms with Gasteiger partial charge in [-0.1, -0.05) is 15.9 Å². The van der Waals surface area contributed by atoms with Crippen molar-refractivity contribution in [1.82, 2.24) is 14.9 Å². The molecule has 1 amide bonds. The van der Waals surface area contributed by atoms with Gasteiger partial charge in [-0.2, -0.15) is 0 Å². The van der Waals surface area contributed by atoms with Gasteiger partial charge >= 0.3 is 0 Å². The predicted molar refractivity (Wildman–Crippen MR) is 97.8 cm³/mol. The zero-order chi connectivity index (χ0) is 18.7. The molecule has 2 heterocycles. The molecule has 3 rings (SSSR count). The number of aromatic nitrogens is 2. The number of hydroxylamine groups is 1. The number of rotatable bonds is 6. The molecule has 26 heavy (non-hydrogen) atoms. The largest absolute Gasteiger partial charge is 0.394 e. The molecule has 0 aliphatic heterocycles. The smallest absolute Gasteiger partial charge is 0.278 e. The van der Waals surface area contributed by atoms with Gasteiger partial charge in [0, 0.05) is 28.6 Å². The summed E-state index contributed by atoms with van der Waals surface area (Å²) in [5.41, 5.74) is 4.45. The molecule has 2 aromatic heterocycles. The van der Waals surface area contributed by atoms with Crippen molar-refractivity contribution in [2.24, 2.45) is 0 Å². The maximum Gasteiger partial charge on any atom is 0.278 e. The number of nitrogens with zero attached hydrogens (tertiary/aromatic N) is 2. The van der Waals surface area contributed by atoms with Gasteiger partial charge in [0.15, 0.2) is 0 Å². The number of fused-ring (bicyclic) bond motifs is 1. The SMILES string of the molecule is Cc1c(Nc2ccc(Br)cc2F)c(C(=O)NOCCO)cn2ccnc12. The molecule has 1 aromatic carbocycles. The molecule has 3 aromatic rings. The van der Waals surface area contributed by atoms with Crippen molar-refractivity contribution in [2.75, 3.05) is 18.5 Å². The lowest BCUT2D eigenvalue weighted by molar-refractivity contribution is 0.0168. The number of hydrogen-bond acceptors (Lipinski definition) is 5. The lowest BCUT2D eigenvalue weighted by atomic mass is 10.1. The molecule has 7 nitrogen and oxygen atoms in total. The molecule has 0 bridgehead atoms. The second-order valence-electron chi connectivity index (χ2n) is 5.45.